The summed E-state index contributed by atoms with van der Waals surface area (Å²) in [7, 11) is 0. The van der Waals surface area contributed by atoms with Gasteiger partial charge in [0.15, 0.2) is 0 Å². The molecule has 14 heavy (non-hydrogen) atoms. The summed E-state index contributed by atoms with van der Waals surface area (Å²) in [5, 5.41) is 8.72. The fourth-order valence-corrected chi connectivity index (χ4v) is 1.58. The Morgan fingerprint density at radius 3 is 2.50 bits per heavy atom. The SMILES string of the molecule is C/C=C(/C)CCC(CCC)CC(=O)O. The van der Waals surface area contributed by atoms with E-state index in [0.29, 0.717) is 12.3 Å². The molecule has 1 unspecified atom stereocenters. The Bertz CT molecular complexity index is 194. The van der Waals surface area contributed by atoms with Gasteiger partial charge >= 0.3 is 5.97 Å². The number of hydrogen-bond acceptors (Lipinski definition) is 1. The molecule has 0 aliphatic rings. The molecule has 82 valence electrons. The molecule has 0 fully saturated rings. The number of carboxylic acids is 1. The van der Waals surface area contributed by atoms with Gasteiger partial charge in [0.2, 0.25) is 0 Å². The van der Waals surface area contributed by atoms with Gasteiger partial charge in [-0.3, -0.25) is 4.79 Å². The monoisotopic (exact) mass is 198 g/mol. The van der Waals surface area contributed by atoms with Crippen molar-refractivity contribution in [3.63, 3.8) is 0 Å². The molecule has 2 heteroatoms. The molecule has 0 saturated carbocycles. The van der Waals surface area contributed by atoms with E-state index in [0.717, 1.165) is 25.7 Å². The van der Waals surface area contributed by atoms with Gasteiger partial charge in [-0.05, 0) is 32.6 Å². The standard InChI is InChI=1S/C12H22O2/c1-4-6-11(9-12(13)14)8-7-10(3)5-2/h5,11H,4,6-9H2,1-3H3,(H,13,14)/b10-5-. The van der Waals surface area contributed by atoms with E-state index in [1.54, 1.807) is 0 Å². The highest BCUT2D eigenvalue weighted by molar-refractivity contribution is 5.66. The highest BCUT2D eigenvalue weighted by atomic mass is 16.4. The van der Waals surface area contributed by atoms with Gasteiger partial charge in [-0.2, -0.15) is 0 Å². The van der Waals surface area contributed by atoms with Crippen LogP contribution in [0.5, 0.6) is 0 Å². The van der Waals surface area contributed by atoms with Crippen molar-refractivity contribution in [1.29, 1.82) is 0 Å². The fourth-order valence-electron chi connectivity index (χ4n) is 1.58. The van der Waals surface area contributed by atoms with E-state index in [-0.39, 0.29) is 0 Å². The lowest BCUT2D eigenvalue weighted by atomic mass is 9.93. The van der Waals surface area contributed by atoms with Crippen molar-refractivity contribution in [2.24, 2.45) is 5.92 Å². The summed E-state index contributed by atoms with van der Waals surface area (Å²) in [5.41, 5.74) is 1.36. The smallest absolute Gasteiger partial charge is 0.303 e. The number of rotatable bonds is 7. The first-order valence-corrected chi connectivity index (χ1v) is 5.43. The third-order valence-corrected chi connectivity index (χ3v) is 2.60. The van der Waals surface area contributed by atoms with Crippen LogP contribution in [0.4, 0.5) is 0 Å². The molecule has 0 radical (unpaired) electrons. The Morgan fingerprint density at radius 1 is 1.43 bits per heavy atom. The molecule has 2 nitrogen and oxygen atoms in total. The lowest BCUT2D eigenvalue weighted by Crippen LogP contribution is -2.07. The van der Waals surface area contributed by atoms with E-state index in [1.807, 2.05) is 6.92 Å². The van der Waals surface area contributed by atoms with E-state index < -0.39 is 5.97 Å². The Labute approximate surface area is 87.0 Å². The quantitative estimate of drug-likeness (QED) is 0.634. The zero-order valence-corrected chi connectivity index (χ0v) is 9.55. The summed E-state index contributed by atoms with van der Waals surface area (Å²) >= 11 is 0. The van der Waals surface area contributed by atoms with E-state index in [9.17, 15) is 4.79 Å². The molecule has 0 amide bonds. The van der Waals surface area contributed by atoms with Crippen LogP contribution in [0, 0.1) is 5.92 Å². The van der Waals surface area contributed by atoms with E-state index >= 15 is 0 Å². The number of hydrogen-bond donors (Lipinski definition) is 1. The van der Waals surface area contributed by atoms with E-state index in [1.165, 1.54) is 5.57 Å². The summed E-state index contributed by atoms with van der Waals surface area (Å²) in [5.74, 6) is -0.311. The van der Waals surface area contributed by atoms with Gasteiger partial charge in [-0.25, -0.2) is 0 Å². The fraction of sp³-hybridized carbons (Fsp3) is 0.750. The van der Waals surface area contributed by atoms with Crippen LogP contribution in [0.3, 0.4) is 0 Å². The lowest BCUT2D eigenvalue weighted by Gasteiger charge is -2.13. The first-order valence-electron chi connectivity index (χ1n) is 5.43. The Morgan fingerprint density at radius 2 is 2.07 bits per heavy atom. The highest BCUT2D eigenvalue weighted by Crippen LogP contribution is 2.20. The van der Waals surface area contributed by atoms with Crippen molar-refractivity contribution >= 4 is 5.97 Å². The van der Waals surface area contributed by atoms with Gasteiger partial charge in [-0.1, -0.05) is 31.4 Å². The summed E-state index contributed by atoms with van der Waals surface area (Å²) in [4.78, 5) is 10.6. The second kappa shape index (κ2) is 7.60. The van der Waals surface area contributed by atoms with Crippen molar-refractivity contribution in [2.45, 2.75) is 52.9 Å². The molecule has 0 aliphatic heterocycles. The maximum absolute atomic E-state index is 10.6. The van der Waals surface area contributed by atoms with Gasteiger partial charge < -0.3 is 5.11 Å². The van der Waals surface area contributed by atoms with Gasteiger partial charge in [0.1, 0.15) is 0 Å². The zero-order valence-electron chi connectivity index (χ0n) is 9.55. The van der Waals surface area contributed by atoms with Crippen LogP contribution in [0.25, 0.3) is 0 Å². The van der Waals surface area contributed by atoms with Gasteiger partial charge in [-0.15, -0.1) is 0 Å². The molecule has 0 aliphatic carbocycles. The first-order chi connectivity index (χ1) is 6.60. The van der Waals surface area contributed by atoms with Crippen molar-refractivity contribution in [2.75, 3.05) is 0 Å². The highest BCUT2D eigenvalue weighted by Gasteiger charge is 2.11. The largest absolute Gasteiger partial charge is 0.481 e. The maximum Gasteiger partial charge on any atom is 0.303 e. The minimum Gasteiger partial charge on any atom is -0.481 e. The molecule has 0 bridgehead atoms. The van der Waals surface area contributed by atoms with Crippen molar-refractivity contribution < 1.29 is 9.90 Å². The average molecular weight is 198 g/mol. The van der Waals surface area contributed by atoms with Crippen LogP contribution in [-0.2, 0) is 4.79 Å². The molecule has 0 aromatic heterocycles. The molecule has 0 aromatic rings. The van der Waals surface area contributed by atoms with Crippen LogP contribution in [0.2, 0.25) is 0 Å². The second-order valence-electron chi connectivity index (χ2n) is 3.93. The minimum atomic E-state index is -0.665. The van der Waals surface area contributed by atoms with E-state index in [2.05, 4.69) is 19.9 Å². The Kier molecular flexibility index (Phi) is 7.17. The van der Waals surface area contributed by atoms with Crippen LogP contribution < -0.4 is 0 Å². The lowest BCUT2D eigenvalue weighted by molar-refractivity contribution is -0.138. The maximum atomic E-state index is 10.6. The second-order valence-corrected chi connectivity index (χ2v) is 3.93. The van der Waals surface area contributed by atoms with Crippen LogP contribution >= 0.6 is 0 Å². The van der Waals surface area contributed by atoms with Crippen molar-refractivity contribution in [1.82, 2.24) is 0 Å². The number of carboxylic acid groups (broad SMARTS) is 1. The third-order valence-electron chi connectivity index (χ3n) is 2.60. The molecular weight excluding hydrogens is 176 g/mol. The molecule has 0 heterocycles. The summed E-state index contributed by atoms with van der Waals surface area (Å²) in [6, 6.07) is 0. The number of carbonyl (C=O) groups is 1. The summed E-state index contributed by atoms with van der Waals surface area (Å²) in [6.07, 6.45) is 6.58. The summed E-state index contributed by atoms with van der Waals surface area (Å²) < 4.78 is 0. The van der Waals surface area contributed by atoms with Crippen LogP contribution in [-0.4, -0.2) is 11.1 Å². The molecule has 0 saturated heterocycles. The molecule has 0 aromatic carbocycles. The predicted molar refractivity (Wildman–Crippen MR) is 59.3 cm³/mol. The number of allylic oxidation sites excluding steroid dienone is 2. The van der Waals surface area contributed by atoms with E-state index in [4.69, 9.17) is 5.11 Å². The zero-order chi connectivity index (χ0) is 11.0. The molecule has 0 spiro atoms. The van der Waals surface area contributed by atoms with Crippen LogP contribution in [0.1, 0.15) is 52.9 Å². The average Bonchev–Trinajstić information content (AvgIpc) is 2.13. The molecule has 1 N–H and O–H groups in total. The minimum absolute atomic E-state index is 0.324. The molecular formula is C12H22O2. The molecule has 1 atom stereocenters. The topological polar surface area (TPSA) is 37.3 Å². The third kappa shape index (κ3) is 6.70. The Balaban J connectivity index is 3.90. The van der Waals surface area contributed by atoms with Crippen molar-refractivity contribution in [3.8, 4) is 0 Å². The predicted octanol–water partition coefficient (Wildman–Crippen LogP) is 3.62. The van der Waals surface area contributed by atoms with Crippen LogP contribution in [0.15, 0.2) is 11.6 Å². The normalized spacial score (nSPS) is 14.1. The first kappa shape index (κ1) is 13.2. The Hall–Kier alpha value is -0.790. The van der Waals surface area contributed by atoms with Gasteiger partial charge in [0.25, 0.3) is 0 Å². The van der Waals surface area contributed by atoms with Gasteiger partial charge in [0, 0.05) is 6.42 Å². The summed E-state index contributed by atoms with van der Waals surface area (Å²) in [6.45, 7) is 6.24. The molecule has 0 rings (SSSR count). The van der Waals surface area contributed by atoms with Crippen molar-refractivity contribution in [3.05, 3.63) is 11.6 Å². The number of aliphatic carboxylic acids is 1. The van der Waals surface area contributed by atoms with Gasteiger partial charge in [0.05, 0.1) is 0 Å².